The predicted molar refractivity (Wildman–Crippen MR) is 380 cm³/mol. The second-order valence-corrected chi connectivity index (χ2v) is 27.8. The van der Waals surface area contributed by atoms with Crippen LogP contribution in [-0.2, 0) is 14.3 Å². The summed E-state index contributed by atoms with van der Waals surface area (Å²) in [6, 6.07) is -0.540. The highest BCUT2D eigenvalue weighted by Crippen LogP contribution is 2.20. The van der Waals surface area contributed by atoms with Gasteiger partial charge in [0.25, 0.3) is 0 Å². The van der Waals surface area contributed by atoms with E-state index in [0.29, 0.717) is 25.9 Å². The van der Waals surface area contributed by atoms with E-state index < -0.39 is 12.1 Å². The highest BCUT2D eigenvalue weighted by atomic mass is 16.5. The van der Waals surface area contributed by atoms with Crippen LogP contribution >= 0.6 is 0 Å². The Balaban J connectivity index is 3.34. The fourth-order valence-corrected chi connectivity index (χ4v) is 13.0. The number of carbonyl (C=O) groups is 2. The second-order valence-electron chi connectivity index (χ2n) is 27.8. The van der Waals surface area contributed by atoms with Crippen molar-refractivity contribution in [3.8, 4) is 0 Å². The Morgan fingerprint density at radius 3 is 0.826 bits per heavy atom. The number of amides is 1. The van der Waals surface area contributed by atoms with E-state index in [0.717, 1.165) is 38.5 Å². The highest BCUT2D eigenvalue weighted by molar-refractivity contribution is 5.76. The van der Waals surface area contributed by atoms with Crippen molar-refractivity contribution < 1.29 is 24.5 Å². The van der Waals surface area contributed by atoms with Gasteiger partial charge in [0.1, 0.15) is 0 Å². The lowest BCUT2D eigenvalue weighted by molar-refractivity contribution is -0.143. The van der Waals surface area contributed by atoms with Gasteiger partial charge in [-0.25, -0.2) is 0 Å². The molecule has 3 N–H and O–H groups in total. The number of nitrogens with one attached hydrogen (secondary N) is 1. The van der Waals surface area contributed by atoms with Crippen LogP contribution in [0, 0.1) is 0 Å². The summed E-state index contributed by atoms with van der Waals surface area (Å²) >= 11 is 0. The molecule has 1 amide bonds. The summed E-state index contributed by atoms with van der Waals surface area (Å²) in [6.07, 6.45) is 95.9. The number of unbranched alkanes of at least 4 members (excludes halogenated alkanes) is 63. The first-order chi connectivity index (χ1) is 42.5. The third kappa shape index (κ3) is 71.7. The zero-order chi connectivity index (χ0) is 62.0. The zero-order valence-corrected chi connectivity index (χ0v) is 58.8. The molecule has 0 aromatic rings. The van der Waals surface area contributed by atoms with E-state index in [9.17, 15) is 19.8 Å². The number of aliphatic hydroxyl groups excluding tert-OH is 2. The van der Waals surface area contributed by atoms with Gasteiger partial charge in [-0.3, -0.25) is 9.59 Å². The quantitative estimate of drug-likeness (QED) is 0.0320. The number of hydrogen-bond acceptors (Lipinski definition) is 5. The van der Waals surface area contributed by atoms with Gasteiger partial charge in [-0.2, -0.15) is 0 Å². The lowest BCUT2D eigenvalue weighted by Gasteiger charge is -2.22. The average molecular weight is 1210 g/mol. The van der Waals surface area contributed by atoms with Crippen molar-refractivity contribution in [2.24, 2.45) is 0 Å². The molecule has 0 spiro atoms. The Hall–Kier alpha value is -1.40. The third-order valence-corrected chi connectivity index (χ3v) is 19.1. The van der Waals surface area contributed by atoms with Gasteiger partial charge in [0.05, 0.1) is 25.4 Å². The molecule has 6 heteroatoms. The van der Waals surface area contributed by atoms with Crippen molar-refractivity contribution >= 4 is 11.9 Å². The van der Waals surface area contributed by atoms with Gasteiger partial charge in [0, 0.05) is 12.8 Å². The molecule has 0 aliphatic carbocycles. The molecule has 0 saturated carbocycles. The number of hydrogen-bond donors (Lipinski definition) is 3. The summed E-state index contributed by atoms with van der Waals surface area (Å²) in [7, 11) is 0. The van der Waals surface area contributed by atoms with E-state index in [1.807, 2.05) is 0 Å². The van der Waals surface area contributed by atoms with Crippen LogP contribution in [0.4, 0.5) is 0 Å². The first-order valence-corrected chi connectivity index (χ1v) is 39.9. The summed E-state index contributed by atoms with van der Waals surface area (Å²) in [5.41, 5.74) is 0. The minimum atomic E-state index is -0.663. The van der Waals surface area contributed by atoms with Crippen LogP contribution in [0.5, 0.6) is 0 Å². The van der Waals surface area contributed by atoms with E-state index in [1.165, 1.54) is 392 Å². The van der Waals surface area contributed by atoms with Gasteiger partial charge in [-0.15, -0.1) is 0 Å². The number of ether oxygens (including phenoxy) is 1. The summed E-state index contributed by atoms with van der Waals surface area (Å²) in [6.45, 7) is 5.02. The molecule has 0 aromatic carbocycles. The van der Waals surface area contributed by atoms with Crippen molar-refractivity contribution in [2.45, 2.75) is 475 Å². The van der Waals surface area contributed by atoms with E-state index in [-0.39, 0.29) is 18.5 Å². The molecule has 0 aliphatic heterocycles. The molecule has 512 valence electrons. The molecule has 0 fully saturated rings. The van der Waals surface area contributed by atoms with Crippen LogP contribution < -0.4 is 5.32 Å². The van der Waals surface area contributed by atoms with E-state index in [2.05, 4.69) is 31.3 Å². The molecule has 0 radical (unpaired) electrons. The number of rotatable bonds is 76. The van der Waals surface area contributed by atoms with Crippen molar-refractivity contribution in [1.29, 1.82) is 0 Å². The lowest BCUT2D eigenvalue weighted by Crippen LogP contribution is -2.45. The summed E-state index contributed by atoms with van der Waals surface area (Å²) in [5.74, 6) is -0.00337. The molecule has 6 nitrogen and oxygen atoms in total. The predicted octanol–water partition coefficient (Wildman–Crippen LogP) is 26.3. The van der Waals surface area contributed by atoms with Crippen LogP contribution in [0.15, 0.2) is 12.2 Å². The second kappa shape index (κ2) is 76.1. The third-order valence-electron chi connectivity index (χ3n) is 19.1. The van der Waals surface area contributed by atoms with E-state index in [1.54, 1.807) is 0 Å². The molecule has 0 aromatic heterocycles. The fourth-order valence-electron chi connectivity index (χ4n) is 13.0. The van der Waals surface area contributed by atoms with Gasteiger partial charge < -0.3 is 20.3 Å². The molecule has 2 atom stereocenters. The molecule has 2 unspecified atom stereocenters. The first-order valence-electron chi connectivity index (χ1n) is 39.9. The summed E-state index contributed by atoms with van der Waals surface area (Å²) < 4.78 is 5.51. The van der Waals surface area contributed by atoms with Crippen molar-refractivity contribution in [3.63, 3.8) is 0 Å². The minimum Gasteiger partial charge on any atom is -0.466 e. The van der Waals surface area contributed by atoms with E-state index >= 15 is 0 Å². The Morgan fingerprint density at radius 1 is 0.314 bits per heavy atom. The fraction of sp³-hybridized carbons (Fsp3) is 0.950. The molecular weight excluding hydrogens is 1050 g/mol. The minimum absolute atomic E-state index is 0.0235. The highest BCUT2D eigenvalue weighted by Gasteiger charge is 2.20. The summed E-state index contributed by atoms with van der Waals surface area (Å²) in [4.78, 5) is 24.7. The molecule has 0 heterocycles. The number of aliphatic hydroxyl groups is 2. The van der Waals surface area contributed by atoms with Crippen molar-refractivity contribution in [3.05, 3.63) is 12.2 Å². The largest absolute Gasteiger partial charge is 0.466 e. The van der Waals surface area contributed by atoms with E-state index in [4.69, 9.17) is 4.74 Å². The van der Waals surface area contributed by atoms with Crippen LogP contribution in [0.25, 0.3) is 0 Å². The molecule has 0 bridgehead atoms. The van der Waals surface area contributed by atoms with Gasteiger partial charge in [-0.05, 0) is 51.4 Å². The molecule has 86 heavy (non-hydrogen) atoms. The van der Waals surface area contributed by atoms with Gasteiger partial charge in [0.2, 0.25) is 5.91 Å². The SMILES string of the molecule is CCCCCCCCCCCCCCCCCCCCCCC(O)C(CO)NC(=O)CCCCCCCCCCCCCCCCCC/C=C\CCCCCCCCCCCCCCOC(=O)CCCCCCCCCCCCCCCCCCC. The maximum atomic E-state index is 12.6. The smallest absolute Gasteiger partial charge is 0.305 e. The molecule has 0 rings (SSSR count). The van der Waals surface area contributed by atoms with Gasteiger partial charge >= 0.3 is 5.97 Å². The number of allylic oxidation sites excluding steroid dienone is 2. The Bertz CT molecular complexity index is 1300. The average Bonchev–Trinajstić information content (AvgIpc) is 3.60. The maximum absolute atomic E-state index is 12.6. The van der Waals surface area contributed by atoms with Crippen molar-refractivity contribution in [1.82, 2.24) is 5.32 Å². The Kier molecular flexibility index (Phi) is 74.8. The first kappa shape index (κ1) is 84.6. The van der Waals surface area contributed by atoms with Gasteiger partial charge in [-0.1, -0.05) is 411 Å². The van der Waals surface area contributed by atoms with Crippen molar-refractivity contribution in [2.75, 3.05) is 13.2 Å². The number of esters is 1. The van der Waals surface area contributed by atoms with Crippen LogP contribution in [-0.4, -0.2) is 47.4 Å². The van der Waals surface area contributed by atoms with Crippen LogP contribution in [0.3, 0.4) is 0 Å². The Morgan fingerprint density at radius 2 is 0.547 bits per heavy atom. The van der Waals surface area contributed by atoms with Gasteiger partial charge in [0.15, 0.2) is 0 Å². The van der Waals surface area contributed by atoms with Crippen LogP contribution in [0.2, 0.25) is 0 Å². The zero-order valence-electron chi connectivity index (χ0n) is 58.8. The molecule has 0 saturated heterocycles. The summed E-state index contributed by atoms with van der Waals surface area (Å²) in [5, 5.41) is 23.4. The topological polar surface area (TPSA) is 95.9 Å². The molecule has 0 aliphatic rings. The maximum Gasteiger partial charge on any atom is 0.305 e. The lowest BCUT2D eigenvalue weighted by atomic mass is 10.0. The Labute approximate surface area is 539 Å². The normalized spacial score (nSPS) is 12.5. The molecular formula is C80H157NO5. The standard InChI is InChI=1S/C80H157NO5/c1-3-5-7-9-11-13-15-17-19-21-22-37-41-44-48-52-56-60-64-68-72-78(83)77(76-82)81-79(84)73-69-65-61-57-53-49-45-42-38-35-33-31-29-27-25-23-24-26-28-30-32-34-36-39-43-47-51-55-59-63-67-71-75-86-80(85)74-70-66-62-58-54-50-46-40-20-18-16-14-12-10-8-6-4-2/h26,28,77-78,82-83H,3-25,27,29-76H2,1-2H3,(H,81,84)/b28-26-. The number of carbonyl (C=O) groups excluding carboxylic acids is 2. The van der Waals surface area contributed by atoms with Crippen LogP contribution in [0.1, 0.15) is 463 Å². The monoisotopic (exact) mass is 1210 g/mol.